The lowest BCUT2D eigenvalue weighted by Crippen LogP contribution is -2.34. The average molecular weight is 355 g/mol. The number of amides is 2. The first-order valence-corrected chi connectivity index (χ1v) is 8.84. The quantitative estimate of drug-likeness (QED) is 0.825. The van der Waals surface area contributed by atoms with E-state index in [2.05, 4.69) is 17.2 Å². The fraction of sp³-hybridized carbons (Fsp3) is 0.421. The maximum Gasteiger partial charge on any atom is 0.253 e. The van der Waals surface area contributed by atoms with Crippen LogP contribution in [-0.2, 0) is 11.3 Å². The van der Waals surface area contributed by atoms with E-state index in [-0.39, 0.29) is 17.2 Å². The average Bonchev–Trinajstić information content (AvgIpc) is 3.30. The standard InChI is InChI=1S/C19H25N5O2/c1-19(12-20)6-9-24(13-19)18(26)15-3-2-4-16(11-15)22-17(25)5-8-23-10-7-21-14-23/h2-4,7,10-11,14H,5-6,8-9,12-13,20H2,1H3,(H,22,25). The van der Waals surface area contributed by atoms with E-state index in [4.69, 9.17) is 5.73 Å². The number of aryl methyl sites for hydroxylation is 1. The van der Waals surface area contributed by atoms with Crippen LogP contribution in [-0.4, -0.2) is 45.9 Å². The van der Waals surface area contributed by atoms with Gasteiger partial charge < -0.3 is 20.5 Å². The highest BCUT2D eigenvalue weighted by molar-refractivity contribution is 5.97. The van der Waals surface area contributed by atoms with Crippen molar-refractivity contribution in [1.29, 1.82) is 0 Å². The minimum Gasteiger partial charge on any atom is -0.338 e. The summed E-state index contributed by atoms with van der Waals surface area (Å²) < 4.78 is 1.85. The Balaban J connectivity index is 1.59. The van der Waals surface area contributed by atoms with Gasteiger partial charge in [-0.15, -0.1) is 0 Å². The SMILES string of the molecule is CC1(CN)CCN(C(=O)c2cccc(NC(=O)CCn3ccnc3)c2)C1. The van der Waals surface area contributed by atoms with E-state index in [1.54, 1.807) is 36.8 Å². The summed E-state index contributed by atoms with van der Waals surface area (Å²) in [7, 11) is 0. The molecule has 26 heavy (non-hydrogen) atoms. The van der Waals surface area contributed by atoms with E-state index in [9.17, 15) is 9.59 Å². The van der Waals surface area contributed by atoms with Gasteiger partial charge in [-0.25, -0.2) is 4.98 Å². The molecule has 138 valence electrons. The molecule has 1 aliphatic rings. The number of hydrogen-bond donors (Lipinski definition) is 2. The Morgan fingerprint density at radius 1 is 1.38 bits per heavy atom. The van der Waals surface area contributed by atoms with Crippen molar-refractivity contribution in [3.8, 4) is 0 Å². The van der Waals surface area contributed by atoms with Crippen molar-refractivity contribution < 1.29 is 9.59 Å². The summed E-state index contributed by atoms with van der Waals surface area (Å²) in [4.78, 5) is 30.6. The first-order valence-electron chi connectivity index (χ1n) is 8.84. The molecular weight excluding hydrogens is 330 g/mol. The van der Waals surface area contributed by atoms with Crippen LogP contribution in [0.4, 0.5) is 5.69 Å². The highest BCUT2D eigenvalue weighted by Gasteiger charge is 2.35. The van der Waals surface area contributed by atoms with Gasteiger partial charge in [0.2, 0.25) is 5.91 Å². The van der Waals surface area contributed by atoms with Crippen molar-refractivity contribution in [3.05, 3.63) is 48.5 Å². The van der Waals surface area contributed by atoms with E-state index in [1.165, 1.54) is 0 Å². The molecule has 1 saturated heterocycles. The third kappa shape index (κ3) is 4.29. The molecule has 1 unspecified atom stereocenters. The first-order chi connectivity index (χ1) is 12.5. The lowest BCUT2D eigenvalue weighted by Gasteiger charge is -2.22. The minimum atomic E-state index is -0.0971. The molecule has 0 aliphatic carbocycles. The summed E-state index contributed by atoms with van der Waals surface area (Å²) >= 11 is 0. The fourth-order valence-corrected chi connectivity index (χ4v) is 3.15. The number of nitrogens with two attached hydrogens (primary N) is 1. The molecule has 1 aliphatic heterocycles. The molecule has 3 rings (SSSR count). The van der Waals surface area contributed by atoms with Gasteiger partial charge in [-0.05, 0) is 36.6 Å². The van der Waals surface area contributed by atoms with Crippen LogP contribution in [0.25, 0.3) is 0 Å². The Hall–Kier alpha value is -2.67. The van der Waals surface area contributed by atoms with Crippen LogP contribution >= 0.6 is 0 Å². The number of anilines is 1. The monoisotopic (exact) mass is 355 g/mol. The van der Waals surface area contributed by atoms with Crippen LogP contribution in [0.1, 0.15) is 30.1 Å². The lowest BCUT2D eigenvalue weighted by molar-refractivity contribution is -0.116. The van der Waals surface area contributed by atoms with Crippen molar-refractivity contribution in [1.82, 2.24) is 14.5 Å². The van der Waals surface area contributed by atoms with Crippen molar-refractivity contribution in [2.24, 2.45) is 11.1 Å². The third-order valence-corrected chi connectivity index (χ3v) is 4.89. The maximum atomic E-state index is 12.7. The van der Waals surface area contributed by atoms with Crippen LogP contribution in [0.2, 0.25) is 0 Å². The molecule has 2 aromatic rings. The van der Waals surface area contributed by atoms with E-state index >= 15 is 0 Å². The maximum absolute atomic E-state index is 12.7. The second-order valence-electron chi connectivity index (χ2n) is 7.17. The van der Waals surface area contributed by atoms with Crippen LogP contribution in [0, 0.1) is 5.41 Å². The molecule has 0 spiro atoms. The van der Waals surface area contributed by atoms with Crippen molar-refractivity contribution in [2.75, 3.05) is 25.0 Å². The van der Waals surface area contributed by atoms with Gasteiger partial charge in [-0.1, -0.05) is 13.0 Å². The zero-order valence-corrected chi connectivity index (χ0v) is 15.0. The molecule has 1 atom stereocenters. The van der Waals surface area contributed by atoms with E-state index in [1.807, 2.05) is 15.7 Å². The Labute approximate surface area is 153 Å². The molecule has 7 heteroatoms. The van der Waals surface area contributed by atoms with Gasteiger partial charge >= 0.3 is 0 Å². The molecule has 7 nitrogen and oxygen atoms in total. The number of hydrogen-bond acceptors (Lipinski definition) is 4. The minimum absolute atomic E-state index is 0.00515. The Kier molecular flexibility index (Phi) is 5.37. The number of likely N-dealkylation sites (tertiary alicyclic amines) is 1. The topological polar surface area (TPSA) is 93.3 Å². The molecular formula is C19H25N5O2. The summed E-state index contributed by atoms with van der Waals surface area (Å²) in [6, 6.07) is 7.09. The highest BCUT2D eigenvalue weighted by atomic mass is 16.2. The lowest BCUT2D eigenvalue weighted by atomic mass is 9.90. The van der Waals surface area contributed by atoms with Crippen LogP contribution < -0.4 is 11.1 Å². The predicted octanol–water partition coefficient (Wildman–Crippen LogP) is 1.72. The highest BCUT2D eigenvalue weighted by Crippen LogP contribution is 2.29. The fourth-order valence-electron chi connectivity index (χ4n) is 3.15. The predicted molar refractivity (Wildman–Crippen MR) is 99.6 cm³/mol. The molecule has 3 N–H and O–H groups in total. The summed E-state index contributed by atoms with van der Waals surface area (Å²) in [6.45, 7) is 4.63. The summed E-state index contributed by atoms with van der Waals surface area (Å²) in [5.74, 6) is -0.114. The normalized spacial score (nSPS) is 19.5. The third-order valence-electron chi connectivity index (χ3n) is 4.89. The Bertz CT molecular complexity index is 774. The largest absolute Gasteiger partial charge is 0.338 e. The number of nitrogens with zero attached hydrogens (tertiary/aromatic N) is 3. The zero-order valence-electron chi connectivity index (χ0n) is 15.0. The molecule has 1 fully saturated rings. The van der Waals surface area contributed by atoms with E-state index in [0.717, 1.165) is 6.42 Å². The number of carbonyl (C=O) groups excluding carboxylic acids is 2. The van der Waals surface area contributed by atoms with E-state index in [0.29, 0.717) is 43.9 Å². The number of benzene rings is 1. The van der Waals surface area contributed by atoms with Gasteiger partial charge in [0.1, 0.15) is 0 Å². The van der Waals surface area contributed by atoms with Crippen molar-refractivity contribution in [3.63, 3.8) is 0 Å². The van der Waals surface area contributed by atoms with Crippen molar-refractivity contribution in [2.45, 2.75) is 26.3 Å². The van der Waals surface area contributed by atoms with Crippen molar-refractivity contribution >= 4 is 17.5 Å². The molecule has 1 aromatic carbocycles. The Morgan fingerprint density at radius 2 is 2.23 bits per heavy atom. The van der Waals surface area contributed by atoms with Gasteiger partial charge in [-0.2, -0.15) is 0 Å². The summed E-state index contributed by atoms with van der Waals surface area (Å²) in [6.07, 6.45) is 6.44. The van der Waals surface area contributed by atoms with E-state index < -0.39 is 0 Å². The van der Waals surface area contributed by atoms with Gasteiger partial charge in [0.05, 0.1) is 6.33 Å². The number of rotatable bonds is 6. The second-order valence-corrected chi connectivity index (χ2v) is 7.17. The molecule has 0 bridgehead atoms. The second kappa shape index (κ2) is 7.70. The number of aromatic nitrogens is 2. The van der Waals surface area contributed by atoms with Gasteiger partial charge in [-0.3, -0.25) is 9.59 Å². The van der Waals surface area contributed by atoms with Gasteiger partial charge in [0.25, 0.3) is 5.91 Å². The molecule has 1 aromatic heterocycles. The summed E-state index contributed by atoms with van der Waals surface area (Å²) in [5, 5.41) is 2.85. The summed E-state index contributed by atoms with van der Waals surface area (Å²) in [5.41, 5.74) is 7.03. The first kappa shape index (κ1) is 18.1. The number of imidazole rings is 1. The van der Waals surface area contributed by atoms with Crippen LogP contribution in [0.5, 0.6) is 0 Å². The Morgan fingerprint density at radius 3 is 2.92 bits per heavy atom. The van der Waals surface area contributed by atoms with Gasteiger partial charge in [0, 0.05) is 49.7 Å². The van der Waals surface area contributed by atoms with Gasteiger partial charge in [0.15, 0.2) is 0 Å². The molecule has 0 saturated carbocycles. The van der Waals surface area contributed by atoms with Crippen LogP contribution in [0.3, 0.4) is 0 Å². The number of nitrogens with one attached hydrogen (secondary N) is 1. The zero-order chi connectivity index (χ0) is 18.6. The smallest absolute Gasteiger partial charge is 0.253 e. The van der Waals surface area contributed by atoms with Crippen LogP contribution in [0.15, 0.2) is 43.0 Å². The molecule has 2 amide bonds. The number of carbonyl (C=O) groups is 2. The molecule has 0 radical (unpaired) electrons. The molecule has 2 heterocycles.